The van der Waals surface area contributed by atoms with E-state index in [0.29, 0.717) is 0 Å². The monoisotopic (exact) mass is 158 g/mol. The summed E-state index contributed by atoms with van der Waals surface area (Å²) < 4.78 is 0. The number of hydrogen-bond acceptors (Lipinski definition) is 2. The Bertz CT molecular complexity index is 113. The normalized spacial score (nSPS) is 10.1. The topological polar surface area (TPSA) is 65.1 Å². The van der Waals surface area contributed by atoms with Crippen LogP contribution < -0.4 is 11.1 Å². The molecule has 0 aromatic rings. The zero-order valence-corrected chi connectivity index (χ0v) is 7.35. The number of nitrogens with zero attached hydrogens (tertiary/aromatic N) is 1. The predicted molar refractivity (Wildman–Crippen MR) is 47.7 cm³/mol. The first kappa shape index (κ1) is 10.2. The largest absolute Gasteiger partial charge is 0.370 e. The van der Waals surface area contributed by atoms with E-state index in [9.17, 15) is 0 Å². The van der Waals surface area contributed by atoms with Gasteiger partial charge in [0.05, 0.1) is 0 Å². The average molecular weight is 158 g/mol. The number of guanidine groups is 1. The molecule has 0 aromatic carbocycles. The van der Waals surface area contributed by atoms with Crippen molar-refractivity contribution in [3.63, 3.8) is 0 Å². The molecule has 0 fully saturated rings. The minimum Gasteiger partial charge on any atom is -0.370 e. The second kappa shape index (κ2) is 5.97. The van der Waals surface area contributed by atoms with E-state index in [0.717, 1.165) is 26.1 Å². The number of hydrogen-bond donors (Lipinski definition) is 3. The zero-order valence-electron chi connectivity index (χ0n) is 7.35. The van der Waals surface area contributed by atoms with E-state index in [4.69, 9.17) is 11.1 Å². The van der Waals surface area contributed by atoms with Crippen molar-refractivity contribution in [3.05, 3.63) is 0 Å². The van der Waals surface area contributed by atoms with E-state index in [1.165, 1.54) is 0 Å². The van der Waals surface area contributed by atoms with Crippen molar-refractivity contribution >= 4 is 5.96 Å². The highest BCUT2D eigenvalue weighted by Crippen LogP contribution is 1.83. The van der Waals surface area contributed by atoms with E-state index < -0.39 is 0 Å². The molecular weight excluding hydrogens is 140 g/mol. The van der Waals surface area contributed by atoms with Crippen LogP contribution in [-0.2, 0) is 0 Å². The zero-order chi connectivity index (χ0) is 8.69. The van der Waals surface area contributed by atoms with Gasteiger partial charge < -0.3 is 16.0 Å². The Labute approximate surface area is 68.3 Å². The quantitative estimate of drug-likeness (QED) is 0.384. The van der Waals surface area contributed by atoms with Gasteiger partial charge in [0.2, 0.25) is 0 Å². The Morgan fingerprint density at radius 3 is 2.64 bits per heavy atom. The van der Waals surface area contributed by atoms with Gasteiger partial charge in [0, 0.05) is 13.1 Å². The molecule has 0 radical (unpaired) electrons. The molecule has 0 rings (SSSR count). The smallest absolute Gasteiger partial charge is 0.185 e. The Balaban J connectivity index is 3.16. The summed E-state index contributed by atoms with van der Waals surface area (Å²) in [6.07, 6.45) is 1.16. The van der Waals surface area contributed by atoms with Gasteiger partial charge in [-0.1, -0.05) is 6.92 Å². The lowest BCUT2D eigenvalue weighted by Crippen LogP contribution is -2.36. The molecule has 0 aliphatic carbocycles. The second-order valence-electron chi connectivity index (χ2n) is 2.64. The van der Waals surface area contributed by atoms with Gasteiger partial charge >= 0.3 is 0 Å². The van der Waals surface area contributed by atoms with Gasteiger partial charge in [-0.15, -0.1) is 0 Å². The lowest BCUT2D eigenvalue weighted by molar-refractivity contribution is 0.339. The molecule has 0 bridgehead atoms. The Hall–Kier alpha value is -0.770. The molecule has 0 saturated heterocycles. The number of nitrogens with one attached hydrogen (secondary N) is 2. The number of likely N-dealkylation sites (N-methyl/N-ethyl adjacent to an activating group) is 1. The van der Waals surface area contributed by atoms with Crippen LogP contribution in [0.1, 0.15) is 13.3 Å². The van der Waals surface area contributed by atoms with Crippen LogP contribution in [0.15, 0.2) is 0 Å². The third kappa shape index (κ3) is 7.12. The third-order valence-corrected chi connectivity index (χ3v) is 1.41. The van der Waals surface area contributed by atoms with Crippen molar-refractivity contribution in [2.75, 3.05) is 26.7 Å². The van der Waals surface area contributed by atoms with Gasteiger partial charge in [0.15, 0.2) is 5.96 Å². The highest BCUT2D eigenvalue weighted by atomic mass is 15.1. The molecule has 0 spiro atoms. The molecule has 0 atom stereocenters. The van der Waals surface area contributed by atoms with Crippen LogP contribution in [0.25, 0.3) is 0 Å². The Kier molecular flexibility index (Phi) is 5.56. The molecule has 66 valence electrons. The Morgan fingerprint density at radius 2 is 2.18 bits per heavy atom. The molecule has 4 nitrogen and oxygen atoms in total. The van der Waals surface area contributed by atoms with Crippen LogP contribution in [0, 0.1) is 5.41 Å². The fraction of sp³-hybridized carbons (Fsp3) is 0.857. The maximum Gasteiger partial charge on any atom is 0.185 e. The Morgan fingerprint density at radius 1 is 1.55 bits per heavy atom. The van der Waals surface area contributed by atoms with Crippen LogP contribution in [0.2, 0.25) is 0 Å². The van der Waals surface area contributed by atoms with Gasteiger partial charge in [-0.3, -0.25) is 5.41 Å². The summed E-state index contributed by atoms with van der Waals surface area (Å²) in [4.78, 5) is 2.20. The molecule has 0 heterocycles. The minimum absolute atomic E-state index is 0.0508. The second-order valence-corrected chi connectivity index (χ2v) is 2.64. The molecule has 0 aliphatic rings. The van der Waals surface area contributed by atoms with Gasteiger partial charge in [-0.2, -0.15) is 0 Å². The SMILES string of the molecule is CCCN(C)CCNC(=N)N. The van der Waals surface area contributed by atoms with Crippen molar-refractivity contribution in [3.8, 4) is 0 Å². The molecule has 11 heavy (non-hydrogen) atoms. The van der Waals surface area contributed by atoms with Crippen molar-refractivity contribution in [2.24, 2.45) is 5.73 Å². The van der Waals surface area contributed by atoms with Crippen molar-refractivity contribution in [1.29, 1.82) is 5.41 Å². The van der Waals surface area contributed by atoms with Gasteiger partial charge in [-0.05, 0) is 20.0 Å². The van der Waals surface area contributed by atoms with Gasteiger partial charge in [-0.25, -0.2) is 0 Å². The van der Waals surface area contributed by atoms with Crippen molar-refractivity contribution in [1.82, 2.24) is 10.2 Å². The van der Waals surface area contributed by atoms with Crippen LogP contribution in [0.5, 0.6) is 0 Å². The summed E-state index contributed by atoms with van der Waals surface area (Å²) in [5.41, 5.74) is 5.11. The maximum atomic E-state index is 6.89. The molecule has 0 aliphatic heterocycles. The highest BCUT2D eigenvalue weighted by molar-refractivity contribution is 5.74. The van der Waals surface area contributed by atoms with E-state index in [2.05, 4.69) is 24.2 Å². The first-order valence-electron chi connectivity index (χ1n) is 3.93. The maximum absolute atomic E-state index is 6.89. The van der Waals surface area contributed by atoms with Crippen molar-refractivity contribution in [2.45, 2.75) is 13.3 Å². The standard InChI is InChI=1S/C7H18N4/c1-3-5-11(2)6-4-10-7(8)9/h3-6H2,1-2H3,(H4,8,9,10). The molecular formula is C7H18N4. The van der Waals surface area contributed by atoms with Crippen LogP contribution in [-0.4, -0.2) is 37.5 Å². The lowest BCUT2D eigenvalue weighted by atomic mass is 10.4. The van der Waals surface area contributed by atoms with E-state index in [1.807, 2.05) is 0 Å². The summed E-state index contributed by atoms with van der Waals surface area (Å²) in [5.74, 6) is 0.0508. The average Bonchev–Trinajstić information content (AvgIpc) is 1.87. The molecule has 0 saturated carbocycles. The fourth-order valence-corrected chi connectivity index (χ4v) is 0.875. The number of nitrogens with two attached hydrogens (primary N) is 1. The predicted octanol–water partition coefficient (Wildman–Crippen LogP) is -0.189. The molecule has 4 heteroatoms. The minimum atomic E-state index is 0.0508. The number of rotatable bonds is 5. The molecule has 0 unspecified atom stereocenters. The molecule has 0 amide bonds. The van der Waals surface area contributed by atoms with E-state index in [-0.39, 0.29) is 5.96 Å². The van der Waals surface area contributed by atoms with Crippen molar-refractivity contribution < 1.29 is 0 Å². The van der Waals surface area contributed by atoms with Gasteiger partial charge in [0.1, 0.15) is 0 Å². The van der Waals surface area contributed by atoms with Crippen LogP contribution >= 0.6 is 0 Å². The summed E-state index contributed by atoms with van der Waals surface area (Å²) in [6.45, 7) is 4.94. The van der Waals surface area contributed by atoms with E-state index >= 15 is 0 Å². The first-order chi connectivity index (χ1) is 5.16. The summed E-state index contributed by atoms with van der Waals surface area (Å²) >= 11 is 0. The lowest BCUT2D eigenvalue weighted by Gasteiger charge is -2.15. The summed E-state index contributed by atoms with van der Waals surface area (Å²) in [7, 11) is 2.06. The molecule has 0 aromatic heterocycles. The molecule has 4 N–H and O–H groups in total. The summed E-state index contributed by atoms with van der Waals surface area (Å²) in [5, 5.41) is 9.64. The van der Waals surface area contributed by atoms with Gasteiger partial charge in [0.25, 0.3) is 0 Å². The van der Waals surface area contributed by atoms with Crippen LogP contribution in [0.3, 0.4) is 0 Å². The first-order valence-corrected chi connectivity index (χ1v) is 3.93. The third-order valence-electron chi connectivity index (χ3n) is 1.41. The highest BCUT2D eigenvalue weighted by Gasteiger charge is 1.94. The summed E-state index contributed by atoms with van der Waals surface area (Å²) in [6, 6.07) is 0. The fourth-order valence-electron chi connectivity index (χ4n) is 0.875. The van der Waals surface area contributed by atoms with E-state index in [1.54, 1.807) is 0 Å². The van der Waals surface area contributed by atoms with Crippen LogP contribution in [0.4, 0.5) is 0 Å².